The first-order valence-electron chi connectivity index (χ1n) is 40.8. The predicted octanol–water partition coefficient (Wildman–Crippen LogP) is 12.2. The van der Waals surface area contributed by atoms with Gasteiger partial charge in [-0.15, -0.1) is 0 Å². The summed E-state index contributed by atoms with van der Waals surface area (Å²) < 4.78 is 3.85. The number of alkyl halides is 1. The summed E-state index contributed by atoms with van der Waals surface area (Å²) in [5.41, 5.74) is 25.7. The molecule has 0 aromatic heterocycles. The molecule has 8 aliphatic carbocycles. The van der Waals surface area contributed by atoms with Gasteiger partial charge < -0.3 is 39.0 Å². The van der Waals surface area contributed by atoms with Gasteiger partial charge in [-0.3, -0.25) is 49.2 Å². The molecule has 21 nitrogen and oxygen atoms in total. The fourth-order valence-electron chi connectivity index (χ4n) is 21.7. The van der Waals surface area contributed by atoms with Crippen LogP contribution in [0.25, 0.3) is 0 Å². The first-order chi connectivity index (χ1) is 57.9. The topological polar surface area (TPSA) is 303 Å². The van der Waals surface area contributed by atoms with Crippen molar-refractivity contribution >= 4 is 152 Å². The number of benzene rings is 8. The summed E-state index contributed by atoms with van der Waals surface area (Å²) in [6.45, 7) is 5.13. The van der Waals surface area contributed by atoms with Crippen LogP contribution >= 0.6 is 98.5 Å². The van der Waals surface area contributed by atoms with Gasteiger partial charge >= 0.3 is 115 Å². The van der Waals surface area contributed by atoms with E-state index in [2.05, 4.69) is 269 Å². The SMILES string of the molecule is C.C.C.C.CC(C)(C)OO.CI.CN.CN1C(=O)C2(N=C1N)c1cc(Br)ccc1CC21CCc2ccccc2CC1.CN1C(=O)C2(NC1=S)c1cc(Br)ccc1CC21CCc2ccccc2CC1.CN1C(=O)NC2(C1=O)c1cc(Br)ccc1CC21CCc2ccccc2CC1.O=C1NC(=O)C2(N1)c1cc(Br)ccc1CC21CCc2ccccc2CC1.O=CO[O-].[H-].[K+].[K+]. The number of rotatable bonds is 1. The number of carbonyl (C=O) groups is 7. The largest absolute Gasteiger partial charge is 1.00 e. The van der Waals surface area contributed by atoms with Crippen LogP contribution in [0.2, 0.25) is 0 Å². The molecule has 3 fully saturated rings. The molecule has 8 spiro atoms. The maximum atomic E-state index is 13.6. The van der Waals surface area contributed by atoms with E-state index in [1.165, 1.54) is 78.0 Å². The Morgan fingerprint density at radius 3 is 0.992 bits per heavy atom. The number of aliphatic imine (C=N–C) groups is 1. The molecule has 29 heteroatoms. The van der Waals surface area contributed by atoms with E-state index in [0.717, 1.165) is 174 Å². The average Bonchev–Trinajstić information content (AvgIpc) is 1.56. The molecule has 4 heterocycles. The van der Waals surface area contributed by atoms with Crippen molar-refractivity contribution in [3.8, 4) is 0 Å². The Kier molecular flexibility index (Phi) is 38.3. The number of amides is 8. The Balaban J connectivity index is 0.000000246. The number of nitrogens with one attached hydrogen (secondary N) is 4. The first-order valence-corrected chi connectivity index (χ1v) is 46.6. The van der Waals surface area contributed by atoms with E-state index in [1.807, 2.05) is 29.2 Å². The standard InChI is InChI=1S/C22H22BrN3O.C22H21BrN2O2.C22H21BrN2OS.C21H19BrN2O2.C4H10O2.CH3I.CH5N.CH2O3.4CH4.2K.H/c1-26-19(27)22(25-20(26)24)18-12-17(23)7-6-16(18)13-21(22)10-8-14-4-2-3-5-15(14)9-11-21;2*1-25-19(26)22(24-20(25)27)18-12-17(23)7-6-16(18)13-21(22)10-8-14-4-2-3-5-15(14)9-11-21;22-16-6-5-15-12-20(9-7-13-3-1-2-4-14(13)8-10-20)21(17(15)11-16)18(25)23-19(26)24-21;1-4(2,3)6-5;2*1-2;2-1-4-3;;;;;;;/h2-7,12H,8-11,13H2,1H3,(H2,24,25);2*2-7,12H,8-11,13H2,1H3,(H,24,27);1-6,11H,7-10,12H2,(H2,23,24,25,26);5H,1-3H3;1H3;2H2,1H3;1,3H;4*1H4;;;/q;;;;;;;;;;;;2*+1;-1/p-1. The minimum Gasteiger partial charge on any atom is -1.00 e. The van der Waals surface area contributed by atoms with Crippen molar-refractivity contribution in [2.45, 2.75) is 207 Å². The smallest absolute Gasteiger partial charge is 1.00 e. The summed E-state index contributed by atoms with van der Waals surface area (Å²) in [6, 6.07) is 58.7. The molecule has 20 rings (SSSR count). The van der Waals surface area contributed by atoms with Gasteiger partial charge in [-0.25, -0.2) is 19.5 Å². The third-order valence-electron chi connectivity index (χ3n) is 27.5. The molecule has 0 bridgehead atoms. The van der Waals surface area contributed by atoms with Crippen LogP contribution in [0, 0.1) is 21.7 Å². The van der Waals surface area contributed by atoms with Crippen LogP contribution in [-0.4, -0.2) is 112 Å². The van der Waals surface area contributed by atoms with E-state index in [-0.39, 0.29) is 198 Å². The van der Waals surface area contributed by atoms with Crippen molar-refractivity contribution in [3.63, 3.8) is 0 Å². The van der Waals surface area contributed by atoms with Crippen LogP contribution in [0.15, 0.2) is 193 Å². The van der Waals surface area contributed by atoms with Gasteiger partial charge in [0.25, 0.3) is 30.1 Å². The summed E-state index contributed by atoms with van der Waals surface area (Å²) in [7, 11) is 6.62. The van der Waals surface area contributed by atoms with Crippen LogP contribution in [0.3, 0.4) is 0 Å². The van der Waals surface area contributed by atoms with Crippen molar-refractivity contribution in [2.75, 3.05) is 33.1 Å². The number of fused-ring (bicyclic) bond motifs is 16. The van der Waals surface area contributed by atoms with Crippen molar-refractivity contribution in [3.05, 3.63) is 277 Å². The number of halogens is 5. The Bertz CT molecular complexity index is 5190. The molecule has 127 heavy (non-hydrogen) atoms. The molecule has 0 saturated carbocycles. The Morgan fingerprint density at radius 2 is 0.732 bits per heavy atom. The molecule has 4 aliphatic heterocycles. The molecule has 3 saturated heterocycles. The number of hydrogen-bond acceptors (Lipinski definition) is 15. The zero-order valence-corrected chi connectivity index (χ0v) is 86.7. The minimum atomic E-state index is -0.967. The fourth-order valence-corrected chi connectivity index (χ4v) is 23.4. The third-order valence-corrected chi connectivity index (χ3v) is 29.8. The second-order valence-electron chi connectivity index (χ2n) is 34.3. The van der Waals surface area contributed by atoms with E-state index in [4.69, 9.17) is 38.3 Å². The van der Waals surface area contributed by atoms with Gasteiger partial charge in [0.1, 0.15) is 0 Å². The molecule has 0 radical (unpaired) electrons. The minimum absolute atomic E-state index is 0. The summed E-state index contributed by atoms with van der Waals surface area (Å²) >= 11 is 22.0. The van der Waals surface area contributed by atoms with Crippen molar-refractivity contribution in [1.82, 2.24) is 36.0 Å². The zero-order valence-electron chi connectivity index (χ0n) is 72.2. The van der Waals surface area contributed by atoms with Gasteiger partial charge in [0, 0.05) is 60.7 Å². The number of thiocarbonyl (C=S) groups is 1. The van der Waals surface area contributed by atoms with Crippen LogP contribution in [0.5, 0.6) is 0 Å². The summed E-state index contributed by atoms with van der Waals surface area (Å²) in [5.74, 6) is 0.118. The molecule has 4 unspecified atom stereocenters. The van der Waals surface area contributed by atoms with Crippen LogP contribution in [0.4, 0.5) is 9.59 Å². The van der Waals surface area contributed by atoms with Crippen LogP contribution in [0.1, 0.15) is 192 Å². The normalized spacial score (nSPS) is 22.3. The summed E-state index contributed by atoms with van der Waals surface area (Å²) in [4.78, 5) is 105. The first kappa shape index (κ1) is 109. The molecule has 4 atom stereocenters. The van der Waals surface area contributed by atoms with E-state index in [0.29, 0.717) is 11.1 Å². The molecule has 9 N–H and O–H groups in total. The van der Waals surface area contributed by atoms with Crippen molar-refractivity contribution < 1.29 is 158 Å². The predicted molar refractivity (Wildman–Crippen MR) is 520 cm³/mol. The zero-order chi connectivity index (χ0) is 87.0. The van der Waals surface area contributed by atoms with Gasteiger partial charge in [-0.1, -0.05) is 237 Å². The van der Waals surface area contributed by atoms with E-state index in [1.54, 1.807) is 46.8 Å². The number of guanidine groups is 1. The summed E-state index contributed by atoms with van der Waals surface area (Å²) in [5, 5.41) is 29.1. The molecule has 8 aromatic carbocycles. The van der Waals surface area contributed by atoms with Gasteiger partial charge in [-0.2, -0.15) is 0 Å². The Labute approximate surface area is 888 Å². The number of carbonyl (C=O) groups excluding carboxylic acids is 7. The Hall–Kier alpha value is -4.83. The van der Waals surface area contributed by atoms with Gasteiger partial charge in [0.2, 0.25) is 0 Å². The number of nitrogens with zero attached hydrogens (tertiary/aromatic N) is 4. The second kappa shape index (κ2) is 44.6. The van der Waals surface area contributed by atoms with Gasteiger partial charge in [0.15, 0.2) is 33.2 Å². The van der Waals surface area contributed by atoms with E-state index < -0.39 is 27.8 Å². The van der Waals surface area contributed by atoms with Crippen molar-refractivity contribution in [1.29, 1.82) is 0 Å². The third kappa shape index (κ3) is 19.8. The second-order valence-corrected chi connectivity index (χ2v) is 38.3. The van der Waals surface area contributed by atoms with Gasteiger partial charge in [0.05, 0.1) is 5.60 Å². The quantitative estimate of drug-likeness (QED) is 0.0117. The van der Waals surface area contributed by atoms with Crippen molar-refractivity contribution in [2.24, 2.45) is 38.1 Å². The van der Waals surface area contributed by atoms with Gasteiger partial charge in [-0.05, 0) is 311 Å². The number of urea groups is 2. The number of imide groups is 2. The number of nitrogens with two attached hydrogens (primary N) is 2. The molecular weight excluding hydrogens is 2050 g/mol. The average molecular weight is 2170 g/mol. The van der Waals surface area contributed by atoms with E-state index >= 15 is 0 Å². The number of hydrogen-bond donors (Lipinski definition) is 7. The monoisotopic (exact) mass is 2160 g/mol. The molecule has 8 aromatic rings. The van der Waals surface area contributed by atoms with Crippen LogP contribution in [-0.2, 0) is 133 Å². The fraction of sp³-hybridized carbons (Fsp3) is 0.418. The Morgan fingerprint density at radius 1 is 0.457 bits per heavy atom. The summed E-state index contributed by atoms with van der Waals surface area (Å²) in [6.07, 6.45) is 18.4. The molecular formula is C98H119Br4IK2N10O11S. The molecule has 670 valence electrons. The maximum Gasteiger partial charge on any atom is 1.00 e. The van der Waals surface area contributed by atoms with Crippen LogP contribution < -0.4 is 141 Å². The molecule has 8 amide bonds. The van der Waals surface area contributed by atoms with E-state index in [9.17, 15) is 28.8 Å². The number of aryl methyl sites for hydroxylation is 8. The number of likely N-dealkylation sites (N-methyl/N-ethyl adjacent to an activating group) is 3. The maximum absolute atomic E-state index is 13.6. The molecule has 12 aliphatic rings.